The Morgan fingerprint density at radius 2 is 2.00 bits per heavy atom. The zero-order valence-corrected chi connectivity index (χ0v) is 13.9. The van der Waals surface area contributed by atoms with Gasteiger partial charge in [-0.1, -0.05) is 0 Å². The lowest BCUT2D eigenvalue weighted by Crippen LogP contribution is -2.32. The lowest BCUT2D eigenvalue weighted by atomic mass is 10.2. The number of carbonyl (C=O) groups excluding carboxylic acids is 1. The molecule has 2 rings (SSSR count). The number of anilines is 1. The Kier molecular flexibility index (Phi) is 5.73. The third kappa shape index (κ3) is 5.22. The van der Waals surface area contributed by atoms with Gasteiger partial charge in [-0.15, -0.1) is 0 Å². The molecule has 1 N–H and O–H groups in total. The molecule has 1 heterocycles. The zero-order chi connectivity index (χ0) is 17.6. The molecule has 0 bridgehead atoms. The predicted molar refractivity (Wildman–Crippen MR) is 88.4 cm³/mol. The second-order valence-corrected chi connectivity index (χ2v) is 7.15. The summed E-state index contributed by atoms with van der Waals surface area (Å²) in [7, 11) is -3.46. The molecule has 0 aliphatic carbocycles. The number of nitrogens with one attached hydrogen (secondary N) is 1. The molecular formula is C16H17N3O4S. The number of furan rings is 1. The SMILES string of the molecule is CS(=O)(=O)N(CCC(=O)Nc1ccc(C#N)cc1)Cc1ccco1. The van der Waals surface area contributed by atoms with Crippen LogP contribution in [0.4, 0.5) is 5.69 Å². The van der Waals surface area contributed by atoms with Gasteiger partial charge in [0.1, 0.15) is 5.76 Å². The van der Waals surface area contributed by atoms with Crippen LogP contribution in [-0.2, 0) is 21.4 Å². The van der Waals surface area contributed by atoms with Crippen LogP contribution in [0.3, 0.4) is 0 Å². The lowest BCUT2D eigenvalue weighted by Gasteiger charge is -2.18. The highest BCUT2D eigenvalue weighted by Crippen LogP contribution is 2.12. The van der Waals surface area contributed by atoms with Crippen LogP contribution >= 0.6 is 0 Å². The topological polar surface area (TPSA) is 103 Å². The van der Waals surface area contributed by atoms with Crippen LogP contribution < -0.4 is 5.32 Å². The number of amides is 1. The van der Waals surface area contributed by atoms with E-state index in [1.165, 1.54) is 10.6 Å². The molecule has 0 atom stereocenters. The van der Waals surface area contributed by atoms with E-state index in [-0.39, 0.29) is 25.4 Å². The van der Waals surface area contributed by atoms with Crippen molar-refractivity contribution in [2.75, 3.05) is 18.1 Å². The number of nitriles is 1. The minimum Gasteiger partial charge on any atom is -0.468 e. The standard InChI is InChI=1S/C16H17N3O4S/c1-24(21,22)19(12-15-3-2-10-23-15)9-8-16(20)18-14-6-4-13(11-17)5-7-14/h2-7,10H,8-9,12H2,1H3,(H,18,20). The predicted octanol–water partition coefficient (Wildman–Crippen LogP) is 1.94. The molecule has 0 spiro atoms. The summed E-state index contributed by atoms with van der Waals surface area (Å²) in [4.78, 5) is 12.0. The fourth-order valence-electron chi connectivity index (χ4n) is 2.02. The fourth-order valence-corrected chi connectivity index (χ4v) is 2.80. The molecular weight excluding hydrogens is 330 g/mol. The maximum atomic E-state index is 12.0. The van der Waals surface area contributed by atoms with Crippen LogP contribution in [0.25, 0.3) is 0 Å². The van der Waals surface area contributed by atoms with Crippen LogP contribution in [0.15, 0.2) is 47.1 Å². The van der Waals surface area contributed by atoms with Crippen molar-refractivity contribution in [3.63, 3.8) is 0 Å². The van der Waals surface area contributed by atoms with Crippen LogP contribution in [0, 0.1) is 11.3 Å². The average Bonchev–Trinajstić information content (AvgIpc) is 3.04. The van der Waals surface area contributed by atoms with Crippen LogP contribution in [0.5, 0.6) is 0 Å². The van der Waals surface area contributed by atoms with Gasteiger partial charge in [0, 0.05) is 18.7 Å². The molecule has 24 heavy (non-hydrogen) atoms. The number of sulfonamides is 1. The van der Waals surface area contributed by atoms with E-state index >= 15 is 0 Å². The Morgan fingerprint density at radius 3 is 2.54 bits per heavy atom. The molecule has 0 saturated heterocycles. The number of nitrogens with zero attached hydrogens (tertiary/aromatic N) is 2. The maximum Gasteiger partial charge on any atom is 0.225 e. The Morgan fingerprint density at radius 1 is 1.29 bits per heavy atom. The summed E-state index contributed by atoms with van der Waals surface area (Å²) in [5, 5.41) is 11.4. The van der Waals surface area contributed by atoms with Gasteiger partial charge < -0.3 is 9.73 Å². The molecule has 1 aromatic carbocycles. The number of carbonyl (C=O) groups is 1. The largest absolute Gasteiger partial charge is 0.468 e. The molecule has 8 heteroatoms. The van der Waals surface area contributed by atoms with Gasteiger partial charge in [0.2, 0.25) is 15.9 Å². The first-order chi connectivity index (χ1) is 11.4. The van der Waals surface area contributed by atoms with E-state index in [1.54, 1.807) is 36.4 Å². The molecule has 0 unspecified atom stereocenters. The summed E-state index contributed by atoms with van der Waals surface area (Å²) in [6.07, 6.45) is 2.57. The van der Waals surface area contributed by atoms with E-state index in [0.717, 1.165) is 6.26 Å². The Balaban J connectivity index is 1.93. The van der Waals surface area contributed by atoms with Gasteiger partial charge in [-0.2, -0.15) is 9.57 Å². The van der Waals surface area contributed by atoms with Gasteiger partial charge in [0.25, 0.3) is 0 Å². The zero-order valence-electron chi connectivity index (χ0n) is 13.1. The Labute approximate surface area is 140 Å². The summed E-state index contributed by atoms with van der Waals surface area (Å²) in [6.45, 7) is 0.123. The fraction of sp³-hybridized carbons (Fsp3) is 0.250. The van der Waals surface area contributed by atoms with E-state index in [1.807, 2.05) is 6.07 Å². The van der Waals surface area contributed by atoms with E-state index in [0.29, 0.717) is 17.0 Å². The highest BCUT2D eigenvalue weighted by Gasteiger charge is 2.19. The van der Waals surface area contributed by atoms with Crippen molar-refractivity contribution in [2.45, 2.75) is 13.0 Å². The van der Waals surface area contributed by atoms with E-state index in [9.17, 15) is 13.2 Å². The number of hydrogen-bond donors (Lipinski definition) is 1. The second kappa shape index (κ2) is 7.77. The minimum absolute atomic E-state index is 0.00772. The molecule has 0 aliphatic rings. The van der Waals surface area contributed by atoms with Crippen molar-refractivity contribution in [1.82, 2.24) is 4.31 Å². The quantitative estimate of drug-likeness (QED) is 0.824. The van der Waals surface area contributed by atoms with Crippen LogP contribution in [0.2, 0.25) is 0 Å². The Bertz CT molecular complexity index is 821. The van der Waals surface area contributed by atoms with Crippen molar-refractivity contribution in [1.29, 1.82) is 5.26 Å². The third-order valence-electron chi connectivity index (χ3n) is 3.27. The number of benzene rings is 1. The number of rotatable bonds is 7. The maximum absolute atomic E-state index is 12.0. The van der Waals surface area contributed by atoms with E-state index in [4.69, 9.17) is 9.68 Å². The molecule has 0 aliphatic heterocycles. The molecule has 0 fully saturated rings. The Hall–Kier alpha value is -2.63. The van der Waals surface area contributed by atoms with Crippen LogP contribution in [-0.4, -0.2) is 31.4 Å². The van der Waals surface area contributed by atoms with Crippen molar-refractivity contribution >= 4 is 21.6 Å². The molecule has 1 aromatic heterocycles. The summed E-state index contributed by atoms with van der Waals surface area (Å²) < 4.78 is 30.0. The van der Waals surface area contributed by atoms with Crippen molar-refractivity contribution < 1.29 is 17.6 Å². The second-order valence-electron chi connectivity index (χ2n) is 5.16. The first-order valence-electron chi connectivity index (χ1n) is 7.16. The van der Waals surface area contributed by atoms with Crippen molar-refractivity contribution in [3.05, 3.63) is 54.0 Å². The molecule has 0 saturated carbocycles. The minimum atomic E-state index is -3.46. The molecule has 0 radical (unpaired) electrons. The smallest absolute Gasteiger partial charge is 0.225 e. The van der Waals surface area contributed by atoms with Gasteiger partial charge >= 0.3 is 0 Å². The first-order valence-corrected chi connectivity index (χ1v) is 9.01. The van der Waals surface area contributed by atoms with Gasteiger partial charge in [-0.05, 0) is 36.4 Å². The summed E-state index contributed by atoms with van der Waals surface area (Å²) in [5.74, 6) is 0.195. The molecule has 126 valence electrons. The van der Waals surface area contributed by atoms with Gasteiger partial charge in [0.15, 0.2) is 0 Å². The van der Waals surface area contributed by atoms with Crippen molar-refractivity contribution in [2.24, 2.45) is 0 Å². The highest BCUT2D eigenvalue weighted by atomic mass is 32.2. The monoisotopic (exact) mass is 347 g/mol. The van der Waals surface area contributed by atoms with Gasteiger partial charge in [-0.25, -0.2) is 8.42 Å². The molecule has 2 aromatic rings. The third-order valence-corrected chi connectivity index (χ3v) is 4.52. The van der Waals surface area contributed by atoms with E-state index < -0.39 is 10.0 Å². The van der Waals surface area contributed by atoms with Gasteiger partial charge in [0.05, 0.1) is 30.7 Å². The lowest BCUT2D eigenvalue weighted by molar-refractivity contribution is -0.116. The average molecular weight is 347 g/mol. The normalized spacial score (nSPS) is 11.2. The highest BCUT2D eigenvalue weighted by molar-refractivity contribution is 7.88. The summed E-state index contributed by atoms with van der Waals surface area (Å²) in [6, 6.07) is 11.8. The first kappa shape index (κ1) is 17.7. The molecule has 7 nitrogen and oxygen atoms in total. The summed E-state index contributed by atoms with van der Waals surface area (Å²) in [5.41, 5.74) is 1.05. The van der Waals surface area contributed by atoms with Gasteiger partial charge in [-0.3, -0.25) is 4.79 Å². The van der Waals surface area contributed by atoms with E-state index in [2.05, 4.69) is 5.32 Å². The van der Waals surface area contributed by atoms with Crippen molar-refractivity contribution in [3.8, 4) is 6.07 Å². The summed E-state index contributed by atoms with van der Waals surface area (Å²) >= 11 is 0. The van der Waals surface area contributed by atoms with Crippen LogP contribution in [0.1, 0.15) is 17.7 Å². The number of hydrogen-bond acceptors (Lipinski definition) is 5. The molecule has 1 amide bonds.